The van der Waals surface area contributed by atoms with Gasteiger partial charge in [0.2, 0.25) is 10.0 Å². The first-order chi connectivity index (χ1) is 16.7. The molecule has 1 aromatic heterocycles. The molecule has 2 heterocycles. The van der Waals surface area contributed by atoms with E-state index in [-0.39, 0.29) is 42.2 Å². The van der Waals surface area contributed by atoms with E-state index in [1.54, 1.807) is 55.5 Å². The second-order valence-electron chi connectivity index (χ2n) is 8.87. The molecular formula is C26H33N3O5S. The van der Waals surface area contributed by atoms with Gasteiger partial charge in [-0.25, -0.2) is 8.42 Å². The Morgan fingerprint density at radius 2 is 2.03 bits per heavy atom. The Labute approximate surface area is 208 Å². The summed E-state index contributed by atoms with van der Waals surface area (Å²) in [6, 6.07) is 7.51. The average Bonchev–Trinajstić information content (AvgIpc) is 2.85. The van der Waals surface area contributed by atoms with Crippen molar-refractivity contribution in [3.63, 3.8) is 0 Å². The number of nitrogens with zero attached hydrogens (tertiary/aromatic N) is 3. The number of aliphatic hydroxyl groups excluding tert-OH is 1. The molecule has 1 N–H and O–H groups in total. The molecule has 0 aliphatic carbocycles. The summed E-state index contributed by atoms with van der Waals surface area (Å²) in [7, 11) is -2.24. The predicted octanol–water partition coefficient (Wildman–Crippen LogP) is 2.77. The minimum Gasteiger partial charge on any atom is -0.487 e. The van der Waals surface area contributed by atoms with Crippen molar-refractivity contribution in [2.24, 2.45) is 5.92 Å². The lowest BCUT2D eigenvalue weighted by Crippen LogP contribution is -2.50. The van der Waals surface area contributed by atoms with E-state index in [1.807, 2.05) is 13.8 Å². The summed E-state index contributed by atoms with van der Waals surface area (Å²) >= 11 is 0. The van der Waals surface area contributed by atoms with E-state index in [1.165, 1.54) is 10.4 Å². The van der Waals surface area contributed by atoms with E-state index in [4.69, 9.17) is 4.74 Å². The summed E-state index contributed by atoms with van der Waals surface area (Å²) in [5, 5.41) is 9.78. The zero-order valence-electron chi connectivity index (χ0n) is 20.6. The third-order valence-corrected chi connectivity index (χ3v) is 8.02. The van der Waals surface area contributed by atoms with Crippen LogP contribution in [0.25, 0.3) is 0 Å². The number of likely N-dealkylation sites (N-methyl/N-ethyl adjacent to an activating group) is 1. The van der Waals surface area contributed by atoms with Gasteiger partial charge in [-0.3, -0.25) is 9.78 Å². The average molecular weight is 500 g/mol. The van der Waals surface area contributed by atoms with Gasteiger partial charge in [-0.1, -0.05) is 25.7 Å². The second kappa shape index (κ2) is 11.7. The van der Waals surface area contributed by atoms with Gasteiger partial charge in [0.05, 0.1) is 13.2 Å². The topological polar surface area (TPSA) is 100 Å². The molecule has 1 aliphatic heterocycles. The molecule has 3 rings (SSSR count). The summed E-state index contributed by atoms with van der Waals surface area (Å²) in [5.74, 6) is 5.88. The van der Waals surface area contributed by atoms with Gasteiger partial charge in [0.15, 0.2) is 0 Å². The Kier molecular flexibility index (Phi) is 8.89. The summed E-state index contributed by atoms with van der Waals surface area (Å²) < 4.78 is 34.7. The first-order valence-corrected chi connectivity index (χ1v) is 13.2. The number of amides is 1. The zero-order valence-corrected chi connectivity index (χ0v) is 21.5. The zero-order chi connectivity index (χ0) is 25.6. The number of hydrogen-bond donors (Lipinski definition) is 1. The molecule has 1 amide bonds. The minimum absolute atomic E-state index is 0.0267. The molecule has 9 heteroatoms. The third-order valence-electron chi connectivity index (χ3n) is 6.00. The highest BCUT2D eigenvalue weighted by molar-refractivity contribution is 7.89. The number of aliphatic hydroxyl groups is 1. The summed E-state index contributed by atoms with van der Waals surface area (Å²) in [6.45, 7) is 5.67. The van der Waals surface area contributed by atoms with Crippen molar-refractivity contribution in [3.8, 4) is 17.6 Å². The molecule has 0 fully saturated rings. The van der Waals surface area contributed by atoms with Crippen LogP contribution >= 0.6 is 0 Å². The fourth-order valence-corrected chi connectivity index (χ4v) is 5.70. The van der Waals surface area contributed by atoms with Crippen LogP contribution in [0.15, 0.2) is 47.6 Å². The maximum Gasteiger partial charge on any atom is 0.253 e. The molecular weight excluding hydrogens is 466 g/mol. The van der Waals surface area contributed by atoms with Crippen molar-refractivity contribution in [3.05, 3.63) is 53.9 Å². The summed E-state index contributed by atoms with van der Waals surface area (Å²) in [6.07, 6.45) is 4.29. The van der Waals surface area contributed by atoms with Crippen molar-refractivity contribution in [2.45, 2.75) is 50.7 Å². The van der Waals surface area contributed by atoms with Crippen LogP contribution in [-0.4, -0.2) is 72.5 Å². The number of carbonyl (C=O) groups is 1. The molecule has 1 aromatic carbocycles. The van der Waals surface area contributed by atoms with Gasteiger partial charge in [0.1, 0.15) is 16.7 Å². The van der Waals surface area contributed by atoms with E-state index >= 15 is 0 Å². The highest BCUT2D eigenvalue weighted by atomic mass is 32.2. The van der Waals surface area contributed by atoms with Crippen molar-refractivity contribution in [1.29, 1.82) is 0 Å². The van der Waals surface area contributed by atoms with E-state index < -0.39 is 22.2 Å². The number of sulfonamides is 1. The molecule has 0 spiro atoms. The maximum atomic E-state index is 13.5. The molecule has 8 nitrogen and oxygen atoms in total. The van der Waals surface area contributed by atoms with E-state index in [2.05, 4.69) is 16.8 Å². The van der Waals surface area contributed by atoms with Crippen LogP contribution in [0.2, 0.25) is 0 Å². The fraction of sp³-hybridized carbons (Fsp3) is 0.462. The van der Waals surface area contributed by atoms with Gasteiger partial charge in [-0.2, -0.15) is 4.31 Å². The maximum absolute atomic E-state index is 13.5. The van der Waals surface area contributed by atoms with Crippen LogP contribution in [-0.2, 0) is 10.0 Å². The predicted molar refractivity (Wildman–Crippen MR) is 133 cm³/mol. The Morgan fingerprint density at radius 3 is 2.69 bits per heavy atom. The number of carbonyl (C=O) groups excluding carboxylic acids is 1. The number of aromatic nitrogens is 1. The number of hydrogen-bond acceptors (Lipinski definition) is 6. The van der Waals surface area contributed by atoms with Crippen molar-refractivity contribution < 1.29 is 23.1 Å². The minimum atomic E-state index is -3.93. The lowest BCUT2D eigenvalue weighted by atomic mass is 10.0. The first-order valence-electron chi connectivity index (χ1n) is 11.8. The number of rotatable bonds is 6. The van der Waals surface area contributed by atoms with Crippen LogP contribution in [0, 0.1) is 17.8 Å². The second-order valence-corrected chi connectivity index (χ2v) is 10.7. The number of fused-ring (bicyclic) bond motifs is 1. The van der Waals surface area contributed by atoms with Gasteiger partial charge >= 0.3 is 0 Å². The number of pyridine rings is 1. The highest BCUT2D eigenvalue weighted by Gasteiger charge is 2.38. The quantitative estimate of drug-likeness (QED) is 0.614. The number of benzene rings is 1. The largest absolute Gasteiger partial charge is 0.487 e. The molecule has 2 aromatic rings. The summed E-state index contributed by atoms with van der Waals surface area (Å²) in [4.78, 5) is 18.5. The molecule has 3 atom stereocenters. The van der Waals surface area contributed by atoms with Crippen molar-refractivity contribution in [2.75, 3.05) is 26.7 Å². The van der Waals surface area contributed by atoms with Crippen LogP contribution in [0.4, 0.5) is 0 Å². The van der Waals surface area contributed by atoms with E-state index in [9.17, 15) is 18.3 Å². The van der Waals surface area contributed by atoms with Gasteiger partial charge < -0.3 is 14.7 Å². The van der Waals surface area contributed by atoms with Gasteiger partial charge in [0, 0.05) is 55.5 Å². The number of unbranched alkanes of at least 4 members (excludes halogenated alkanes) is 1. The SMILES string of the molecule is CCCC#Cc1ccc2c(c1)O[C@@H](CN(C)C(=O)c1ccncc1)[C@H](C)CN([C@H](C)CO)S2(=O)=O. The highest BCUT2D eigenvalue weighted by Crippen LogP contribution is 2.34. The van der Waals surface area contributed by atoms with Crippen LogP contribution < -0.4 is 4.74 Å². The van der Waals surface area contributed by atoms with Gasteiger partial charge in [0.25, 0.3) is 5.91 Å². The molecule has 0 saturated heterocycles. The molecule has 35 heavy (non-hydrogen) atoms. The molecule has 1 aliphatic rings. The smallest absolute Gasteiger partial charge is 0.253 e. The third kappa shape index (κ3) is 6.20. The Morgan fingerprint density at radius 1 is 1.31 bits per heavy atom. The van der Waals surface area contributed by atoms with Gasteiger partial charge in [-0.15, -0.1) is 0 Å². The van der Waals surface area contributed by atoms with Gasteiger partial charge in [-0.05, 0) is 43.7 Å². The molecule has 0 saturated carbocycles. The van der Waals surface area contributed by atoms with E-state index in [0.29, 0.717) is 11.1 Å². The Bertz CT molecular complexity index is 1190. The standard InChI is InChI=1S/C26H33N3O5S/c1-5-6-7-8-21-9-10-25-23(15-21)34-24(17-28(4)26(31)22-11-13-27-14-12-22)19(2)16-29(20(3)18-30)35(25,32)33/h9-15,19-20,24,30H,5-6,16-18H2,1-4H3/t19-,20-,24+/m1/s1. The Hall–Kier alpha value is -2.93. The Balaban J connectivity index is 2.01. The molecule has 0 radical (unpaired) electrons. The fourth-order valence-electron chi connectivity index (χ4n) is 3.88. The van der Waals surface area contributed by atoms with E-state index in [0.717, 1.165) is 12.8 Å². The van der Waals surface area contributed by atoms with Crippen molar-refractivity contribution in [1.82, 2.24) is 14.2 Å². The van der Waals surface area contributed by atoms with Crippen LogP contribution in [0.5, 0.6) is 5.75 Å². The van der Waals surface area contributed by atoms with Crippen molar-refractivity contribution >= 4 is 15.9 Å². The molecule has 0 unspecified atom stereocenters. The molecule has 188 valence electrons. The summed E-state index contributed by atoms with van der Waals surface area (Å²) in [5.41, 5.74) is 1.16. The first kappa shape index (κ1) is 26.7. The number of ether oxygens (including phenoxy) is 1. The lowest BCUT2D eigenvalue weighted by Gasteiger charge is -2.37. The normalized spacial score (nSPS) is 20.3. The molecule has 0 bridgehead atoms. The monoisotopic (exact) mass is 499 g/mol. The van der Waals surface area contributed by atoms with Crippen LogP contribution in [0.3, 0.4) is 0 Å². The van der Waals surface area contributed by atoms with Crippen LogP contribution in [0.1, 0.15) is 49.5 Å². The lowest BCUT2D eigenvalue weighted by molar-refractivity contribution is 0.0563.